The predicted molar refractivity (Wildman–Crippen MR) is 69.5 cm³/mol. The van der Waals surface area contributed by atoms with E-state index >= 15 is 0 Å². The standard InChI is InChI=1S/C13H17N3O3/c1-8-4-9(7-17)5-14-11(8)16-6-10(18)15-12(19)13(16,2)3/h4-5,17H,6-7H2,1-3H3,(H,15,18,19). The van der Waals surface area contributed by atoms with Crippen molar-refractivity contribution in [3.05, 3.63) is 23.4 Å². The summed E-state index contributed by atoms with van der Waals surface area (Å²) >= 11 is 0. The average Bonchev–Trinajstić information content (AvgIpc) is 2.34. The molecule has 2 rings (SSSR count). The van der Waals surface area contributed by atoms with E-state index < -0.39 is 5.54 Å². The van der Waals surface area contributed by atoms with Crippen LogP contribution in [0.2, 0.25) is 0 Å². The summed E-state index contributed by atoms with van der Waals surface area (Å²) in [7, 11) is 0. The van der Waals surface area contributed by atoms with E-state index in [1.165, 1.54) is 0 Å². The van der Waals surface area contributed by atoms with E-state index in [-0.39, 0.29) is 25.0 Å². The number of aryl methyl sites for hydroxylation is 1. The first kappa shape index (κ1) is 13.5. The number of imide groups is 1. The molecule has 1 saturated heterocycles. The fourth-order valence-corrected chi connectivity index (χ4v) is 2.12. The Hall–Kier alpha value is -1.95. The van der Waals surface area contributed by atoms with E-state index in [1.807, 2.05) is 6.92 Å². The van der Waals surface area contributed by atoms with Gasteiger partial charge < -0.3 is 10.0 Å². The van der Waals surface area contributed by atoms with Gasteiger partial charge >= 0.3 is 0 Å². The fourth-order valence-electron chi connectivity index (χ4n) is 2.12. The largest absolute Gasteiger partial charge is 0.392 e. The molecule has 6 nitrogen and oxygen atoms in total. The lowest BCUT2D eigenvalue weighted by molar-refractivity contribution is -0.135. The summed E-state index contributed by atoms with van der Waals surface area (Å²) < 4.78 is 0. The van der Waals surface area contributed by atoms with Gasteiger partial charge in [-0.2, -0.15) is 0 Å². The number of nitrogens with zero attached hydrogens (tertiary/aromatic N) is 2. The molecule has 6 heteroatoms. The van der Waals surface area contributed by atoms with Gasteiger partial charge in [0.25, 0.3) is 5.91 Å². The molecule has 19 heavy (non-hydrogen) atoms. The fraction of sp³-hybridized carbons (Fsp3) is 0.462. The molecule has 0 saturated carbocycles. The summed E-state index contributed by atoms with van der Waals surface area (Å²) in [5.41, 5.74) is 0.681. The van der Waals surface area contributed by atoms with Crippen molar-refractivity contribution in [2.24, 2.45) is 0 Å². The van der Waals surface area contributed by atoms with Crippen LogP contribution in [0.15, 0.2) is 12.3 Å². The predicted octanol–water partition coefficient (Wildman–Crippen LogP) is 0.124. The zero-order valence-electron chi connectivity index (χ0n) is 11.2. The summed E-state index contributed by atoms with van der Waals surface area (Å²) in [5.74, 6) is -0.0849. The van der Waals surface area contributed by atoms with Crippen LogP contribution in [0, 0.1) is 6.92 Å². The minimum absolute atomic E-state index is 0.0864. The normalized spacial score (nSPS) is 18.4. The summed E-state index contributed by atoms with van der Waals surface area (Å²) in [4.78, 5) is 29.4. The monoisotopic (exact) mass is 263 g/mol. The number of aromatic nitrogens is 1. The highest BCUT2D eigenvalue weighted by atomic mass is 16.3. The van der Waals surface area contributed by atoms with Crippen molar-refractivity contribution in [1.82, 2.24) is 10.3 Å². The number of carbonyl (C=O) groups excluding carboxylic acids is 2. The molecule has 0 aromatic carbocycles. The van der Waals surface area contributed by atoms with Crippen LogP contribution in [0.25, 0.3) is 0 Å². The van der Waals surface area contributed by atoms with Crippen LogP contribution in [0.1, 0.15) is 25.0 Å². The Morgan fingerprint density at radius 1 is 1.47 bits per heavy atom. The van der Waals surface area contributed by atoms with Crippen molar-refractivity contribution in [3.8, 4) is 0 Å². The average molecular weight is 263 g/mol. The molecule has 0 bridgehead atoms. The van der Waals surface area contributed by atoms with Gasteiger partial charge in [-0.05, 0) is 38.0 Å². The lowest BCUT2D eigenvalue weighted by Crippen LogP contribution is -2.64. The van der Waals surface area contributed by atoms with Crippen LogP contribution < -0.4 is 10.2 Å². The molecule has 1 aliphatic rings. The third-order valence-corrected chi connectivity index (χ3v) is 3.33. The van der Waals surface area contributed by atoms with E-state index in [0.717, 1.165) is 5.56 Å². The highest BCUT2D eigenvalue weighted by Crippen LogP contribution is 2.27. The van der Waals surface area contributed by atoms with Crippen LogP contribution in [0.4, 0.5) is 5.82 Å². The second kappa shape index (κ2) is 4.62. The topological polar surface area (TPSA) is 82.5 Å². The minimum atomic E-state index is -0.841. The molecule has 102 valence electrons. The molecule has 0 radical (unpaired) electrons. The number of rotatable bonds is 2. The lowest BCUT2D eigenvalue weighted by Gasteiger charge is -2.41. The number of aliphatic hydroxyl groups excluding tert-OH is 1. The number of nitrogens with one attached hydrogen (secondary N) is 1. The first-order valence-corrected chi connectivity index (χ1v) is 6.04. The Labute approximate surface area is 111 Å². The van der Waals surface area contributed by atoms with E-state index in [4.69, 9.17) is 5.11 Å². The molecule has 0 spiro atoms. The summed E-state index contributed by atoms with van der Waals surface area (Å²) in [6, 6.07) is 1.80. The van der Waals surface area contributed by atoms with Crippen molar-refractivity contribution in [2.75, 3.05) is 11.4 Å². The van der Waals surface area contributed by atoms with Gasteiger partial charge in [-0.3, -0.25) is 14.9 Å². The summed E-state index contributed by atoms with van der Waals surface area (Å²) in [6.45, 7) is 5.34. The number of carbonyl (C=O) groups is 2. The van der Waals surface area contributed by atoms with Crippen LogP contribution in [0.3, 0.4) is 0 Å². The van der Waals surface area contributed by atoms with E-state index in [1.54, 1.807) is 31.0 Å². The molecular formula is C13H17N3O3. The maximum Gasteiger partial charge on any atom is 0.251 e. The second-order valence-corrected chi connectivity index (χ2v) is 5.16. The van der Waals surface area contributed by atoms with Crippen LogP contribution in [-0.2, 0) is 16.2 Å². The molecule has 1 aromatic rings. The zero-order valence-corrected chi connectivity index (χ0v) is 11.2. The quantitative estimate of drug-likeness (QED) is 0.741. The Kier molecular flexibility index (Phi) is 3.28. The van der Waals surface area contributed by atoms with Gasteiger partial charge in [0.15, 0.2) is 0 Å². The van der Waals surface area contributed by atoms with E-state index in [0.29, 0.717) is 11.4 Å². The number of hydrogen-bond acceptors (Lipinski definition) is 5. The third kappa shape index (κ3) is 2.31. The molecule has 0 atom stereocenters. The van der Waals surface area contributed by atoms with Gasteiger partial charge in [-0.25, -0.2) is 4.98 Å². The van der Waals surface area contributed by atoms with Gasteiger partial charge in [0.05, 0.1) is 13.2 Å². The lowest BCUT2D eigenvalue weighted by atomic mass is 9.98. The number of hydrogen-bond donors (Lipinski definition) is 2. The van der Waals surface area contributed by atoms with Gasteiger partial charge in [-0.15, -0.1) is 0 Å². The molecule has 0 aliphatic carbocycles. The van der Waals surface area contributed by atoms with Gasteiger partial charge in [-0.1, -0.05) is 0 Å². The first-order chi connectivity index (χ1) is 8.86. The molecule has 2 heterocycles. The number of piperazine rings is 1. The number of anilines is 1. The molecule has 2 amide bonds. The van der Waals surface area contributed by atoms with E-state index in [9.17, 15) is 9.59 Å². The molecule has 0 unspecified atom stereocenters. The maximum atomic E-state index is 11.9. The van der Waals surface area contributed by atoms with Crippen LogP contribution >= 0.6 is 0 Å². The highest BCUT2D eigenvalue weighted by molar-refractivity contribution is 6.06. The van der Waals surface area contributed by atoms with Crippen molar-refractivity contribution in [3.63, 3.8) is 0 Å². The number of pyridine rings is 1. The van der Waals surface area contributed by atoms with E-state index in [2.05, 4.69) is 10.3 Å². The Bertz CT molecular complexity index is 540. The smallest absolute Gasteiger partial charge is 0.251 e. The number of aliphatic hydroxyl groups is 1. The minimum Gasteiger partial charge on any atom is -0.392 e. The Morgan fingerprint density at radius 2 is 2.16 bits per heavy atom. The first-order valence-electron chi connectivity index (χ1n) is 6.04. The molecule has 2 N–H and O–H groups in total. The second-order valence-electron chi connectivity index (χ2n) is 5.16. The van der Waals surface area contributed by atoms with Crippen LogP contribution in [-0.4, -0.2) is 34.0 Å². The molecule has 1 fully saturated rings. The van der Waals surface area contributed by atoms with Crippen molar-refractivity contribution >= 4 is 17.6 Å². The van der Waals surface area contributed by atoms with Crippen LogP contribution in [0.5, 0.6) is 0 Å². The number of amides is 2. The summed E-state index contributed by atoms with van der Waals surface area (Å²) in [5, 5.41) is 11.4. The molecular weight excluding hydrogens is 246 g/mol. The van der Waals surface area contributed by atoms with Gasteiger partial charge in [0.1, 0.15) is 11.4 Å². The summed E-state index contributed by atoms with van der Waals surface area (Å²) in [6.07, 6.45) is 1.55. The van der Waals surface area contributed by atoms with Crippen molar-refractivity contribution in [2.45, 2.75) is 32.9 Å². The maximum absolute atomic E-state index is 11.9. The van der Waals surface area contributed by atoms with Gasteiger partial charge in [0.2, 0.25) is 5.91 Å². The SMILES string of the molecule is Cc1cc(CO)cnc1N1CC(=O)NC(=O)C1(C)C. The Balaban J connectivity index is 2.44. The molecule has 1 aliphatic heterocycles. The van der Waals surface area contributed by atoms with Crippen molar-refractivity contribution < 1.29 is 14.7 Å². The zero-order chi connectivity index (χ0) is 14.2. The van der Waals surface area contributed by atoms with Crippen molar-refractivity contribution in [1.29, 1.82) is 0 Å². The van der Waals surface area contributed by atoms with Gasteiger partial charge in [0, 0.05) is 6.20 Å². The molecule has 1 aromatic heterocycles. The Morgan fingerprint density at radius 3 is 2.74 bits per heavy atom. The highest BCUT2D eigenvalue weighted by Gasteiger charge is 2.42. The third-order valence-electron chi connectivity index (χ3n) is 3.33.